The van der Waals surface area contributed by atoms with Crippen LogP contribution in [0.2, 0.25) is 0 Å². The van der Waals surface area contributed by atoms with Gasteiger partial charge in [0.2, 0.25) is 0 Å². The Hall–Kier alpha value is -3.70. The van der Waals surface area contributed by atoms with Crippen LogP contribution in [0.15, 0.2) is 42.9 Å². The number of carbonyl (C=O) groups is 1. The number of hydrogen-bond acceptors (Lipinski definition) is 8. The molecule has 0 saturated carbocycles. The number of ether oxygens (including phenoxy) is 2. The van der Waals surface area contributed by atoms with Gasteiger partial charge in [0.15, 0.2) is 23.1 Å². The maximum absolute atomic E-state index is 14.8. The summed E-state index contributed by atoms with van der Waals surface area (Å²) in [5.74, 6) is -2.53. The lowest BCUT2D eigenvalue weighted by Crippen LogP contribution is -2.38. The third kappa shape index (κ3) is 5.57. The molecule has 0 radical (unpaired) electrons. The van der Waals surface area contributed by atoms with Crippen molar-refractivity contribution in [2.24, 2.45) is 0 Å². The average molecular weight is 456 g/mol. The highest BCUT2D eigenvalue weighted by atomic mass is 19.1. The Kier molecular flexibility index (Phi) is 7.01. The standard InChI is InChI=1S/C22H22F2N6O3/c23-16-11-19(33-9-6-30-4-7-32-8-5-30)17(24)10-15(16)18-13-27-21(25)20(29-18)22(31)28-14-2-1-3-26-12-14/h1-3,10-13H,4-9H2,(H2,25,27)(H,28,31). The van der Waals surface area contributed by atoms with E-state index in [1.807, 2.05) is 0 Å². The Balaban J connectivity index is 1.49. The molecule has 1 aliphatic rings. The zero-order valence-corrected chi connectivity index (χ0v) is 17.6. The molecule has 1 aliphatic heterocycles. The summed E-state index contributed by atoms with van der Waals surface area (Å²) in [5, 5.41) is 2.58. The Morgan fingerprint density at radius 1 is 1.21 bits per heavy atom. The van der Waals surface area contributed by atoms with Gasteiger partial charge in [-0.1, -0.05) is 0 Å². The van der Waals surface area contributed by atoms with E-state index in [4.69, 9.17) is 15.2 Å². The summed E-state index contributed by atoms with van der Waals surface area (Å²) in [4.78, 5) is 26.6. The number of nitrogens with two attached hydrogens (primary N) is 1. The molecule has 0 aliphatic carbocycles. The fraction of sp³-hybridized carbons (Fsp3) is 0.273. The summed E-state index contributed by atoms with van der Waals surface area (Å²) in [5.41, 5.74) is 5.77. The van der Waals surface area contributed by atoms with E-state index < -0.39 is 17.5 Å². The van der Waals surface area contributed by atoms with E-state index in [1.54, 1.807) is 18.3 Å². The van der Waals surface area contributed by atoms with Crippen molar-refractivity contribution in [3.8, 4) is 17.0 Å². The lowest BCUT2D eigenvalue weighted by Gasteiger charge is -2.26. The van der Waals surface area contributed by atoms with Crippen molar-refractivity contribution in [3.05, 3.63) is 60.2 Å². The monoisotopic (exact) mass is 456 g/mol. The molecule has 1 aromatic carbocycles. The van der Waals surface area contributed by atoms with Crippen molar-refractivity contribution in [3.63, 3.8) is 0 Å². The van der Waals surface area contributed by atoms with E-state index in [2.05, 4.69) is 25.2 Å². The van der Waals surface area contributed by atoms with Gasteiger partial charge in [-0.3, -0.25) is 14.7 Å². The van der Waals surface area contributed by atoms with Crippen LogP contribution >= 0.6 is 0 Å². The first-order chi connectivity index (χ1) is 16.0. The lowest BCUT2D eigenvalue weighted by molar-refractivity contribution is 0.0320. The number of nitrogen functional groups attached to an aromatic ring is 1. The van der Waals surface area contributed by atoms with Gasteiger partial charge in [-0.2, -0.15) is 0 Å². The number of rotatable bonds is 7. The second-order valence-corrected chi connectivity index (χ2v) is 7.25. The highest BCUT2D eigenvalue weighted by Gasteiger charge is 2.19. The largest absolute Gasteiger partial charge is 0.489 e. The van der Waals surface area contributed by atoms with E-state index in [-0.39, 0.29) is 35.1 Å². The number of pyridine rings is 1. The molecule has 0 unspecified atom stereocenters. The minimum atomic E-state index is -0.768. The van der Waals surface area contributed by atoms with E-state index in [0.717, 1.165) is 25.2 Å². The first-order valence-corrected chi connectivity index (χ1v) is 10.3. The van der Waals surface area contributed by atoms with E-state index in [1.165, 1.54) is 12.4 Å². The van der Waals surface area contributed by atoms with Crippen LogP contribution in [-0.2, 0) is 4.74 Å². The number of halogens is 2. The molecule has 11 heteroatoms. The summed E-state index contributed by atoms with van der Waals surface area (Å²) in [6.07, 6.45) is 4.17. The topological polar surface area (TPSA) is 115 Å². The zero-order chi connectivity index (χ0) is 23.2. The fourth-order valence-electron chi connectivity index (χ4n) is 3.27. The Labute approximate surface area is 188 Å². The Bertz CT molecular complexity index is 1130. The molecule has 172 valence electrons. The number of morpholine rings is 1. The predicted molar refractivity (Wildman–Crippen MR) is 117 cm³/mol. The van der Waals surface area contributed by atoms with Crippen molar-refractivity contribution in [1.29, 1.82) is 0 Å². The number of carbonyl (C=O) groups excluding carboxylic acids is 1. The molecule has 0 spiro atoms. The van der Waals surface area contributed by atoms with Gasteiger partial charge in [0.1, 0.15) is 12.4 Å². The first-order valence-electron chi connectivity index (χ1n) is 10.3. The Morgan fingerprint density at radius 2 is 2.03 bits per heavy atom. The maximum atomic E-state index is 14.8. The average Bonchev–Trinajstić information content (AvgIpc) is 2.83. The van der Waals surface area contributed by atoms with Gasteiger partial charge in [0.25, 0.3) is 5.91 Å². The summed E-state index contributed by atoms with van der Waals surface area (Å²) < 4.78 is 40.1. The van der Waals surface area contributed by atoms with Gasteiger partial charge in [-0.05, 0) is 18.2 Å². The molecule has 1 fully saturated rings. The molecule has 0 bridgehead atoms. The molecule has 3 aromatic rings. The predicted octanol–water partition coefficient (Wildman–Crippen LogP) is 2.36. The summed E-state index contributed by atoms with van der Waals surface area (Å²) in [6.45, 7) is 3.60. The number of hydrogen-bond donors (Lipinski definition) is 2. The van der Waals surface area contributed by atoms with Crippen LogP contribution in [0, 0.1) is 11.6 Å². The molecule has 3 N–H and O–H groups in total. The van der Waals surface area contributed by atoms with Crippen LogP contribution in [0.1, 0.15) is 10.5 Å². The molecule has 33 heavy (non-hydrogen) atoms. The minimum Gasteiger partial charge on any atom is -0.489 e. The molecule has 3 heterocycles. The molecular formula is C22H22F2N6O3. The van der Waals surface area contributed by atoms with Gasteiger partial charge in [0.05, 0.1) is 37.0 Å². The number of benzene rings is 1. The highest BCUT2D eigenvalue weighted by Crippen LogP contribution is 2.28. The normalized spacial score (nSPS) is 14.1. The van der Waals surface area contributed by atoms with Gasteiger partial charge < -0.3 is 20.5 Å². The van der Waals surface area contributed by atoms with E-state index >= 15 is 0 Å². The molecule has 9 nitrogen and oxygen atoms in total. The van der Waals surface area contributed by atoms with Crippen molar-refractivity contribution in [2.45, 2.75) is 0 Å². The smallest absolute Gasteiger partial charge is 0.278 e. The SMILES string of the molecule is Nc1ncc(-c2cc(F)c(OCCN3CCOCC3)cc2F)nc1C(=O)Nc1cccnc1. The number of anilines is 2. The Morgan fingerprint density at radius 3 is 2.79 bits per heavy atom. The van der Waals surface area contributed by atoms with Gasteiger partial charge in [-0.15, -0.1) is 0 Å². The fourth-order valence-corrected chi connectivity index (χ4v) is 3.27. The summed E-state index contributed by atoms with van der Waals surface area (Å²) in [7, 11) is 0. The maximum Gasteiger partial charge on any atom is 0.278 e. The number of aromatic nitrogens is 3. The second kappa shape index (κ2) is 10.3. The molecule has 0 atom stereocenters. The molecule has 2 aromatic heterocycles. The molecule has 1 saturated heterocycles. The first kappa shape index (κ1) is 22.5. The van der Waals surface area contributed by atoms with Gasteiger partial charge in [0, 0.05) is 37.5 Å². The van der Waals surface area contributed by atoms with Crippen LogP contribution in [0.3, 0.4) is 0 Å². The number of nitrogens with one attached hydrogen (secondary N) is 1. The van der Waals surface area contributed by atoms with Crippen molar-refractivity contribution in [1.82, 2.24) is 19.9 Å². The quantitative estimate of drug-likeness (QED) is 0.557. The minimum absolute atomic E-state index is 0.0446. The molecule has 4 rings (SSSR count). The van der Waals surface area contributed by atoms with Crippen molar-refractivity contribution < 1.29 is 23.0 Å². The van der Waals surface area contributed by atoms with E-state index in [9.17, 15) is 13.6 Å². The zero-order valence-electron chi connectivity index (χ0n) is 17.6. The van der Waals surface area contributed by atoms with Crippen molar-refractivity contribution in [2.75, 3.05) is 50.5 Å². The van der Waals surface area contributed by atoms with Crippen LogP contribution < -0.4 is 15.8 Å². The summed E-state index contributed by atoms with van der Waals surface area (Å²) >= 11 is 0. The van der Waals surface area contributed by atoms with Crippen LogP contribution in [0.5, 0.6) is 5.75 Å². The van der Waals surface area contributed by atoms with Crippen LogP contribution in [-0.4, -0.2) is 65.2 Å². The number of nitrogens with zero attached hydrogens (tertiary/aromatic N) is 4. The van der Waals surface area contributed by atoms with Crippen LogP contribution in [0.25, 0.3) is 11.3 Å². The van der Waals surface area contributed by atoms with Crippen molar-refractivity contribution >= 4 is 17.4 Å². The molecule has 1 amide bonds. The lowest BCUT2D eigenvalue weighted by atomic mass is 10.1. The van der Waals surface area contributed by atoms with Gasteiger partial charge in [-0.25, -0.2) is 18.7 Å². The third-order valence-corrected chi connectivity index (χ3v) is 5.00. The second-order valence-electron chi connectivity index (χ2n) is 7.25. The van der Waals surface area contributed by atoms with E-state index in [0.29, 0.717) is 25.4 Å². The summed E-state index contributed by atoms with van der Waals surface area (Å²) in [6, 6.07) is 5.19. The van der Waals surface area contributed by atoms with Gasteiger partial charge >= 0.3 is 0 Å². The molecular weight excluding hydrogens is 434 g/mol. The number of amides is 1. The van der Waals surface area contributed by atoms with Crippen LogP contribution in [0.4, 0.5) is 20.3 Å². The third-order valence-electron chi connectivity index (χ3n) is 5.00. The highest BCUT2D eigenvalue weighted by molar-refractivity contribution is 6.05.